The van der Waals surface area contributed by atoms with Gasteiger partial charge in [0, 0.05) is 13.5 Å². The van der Waals surface area contributed by atoms with Crippen molar-refractivity contribution in [1.29, 1.82) is 0 Å². The Kier molecular flexibility index (Phi) is 4.19. The lowest BCUT2D eigenvalue weighted by molar-refractivity contribution is 0.0945. The van der Waals surface area contributed by atoms with Crippen LogP contribution in [0.25, 0.3) is 11.1 Å². The molecule has 0 unspecified atom stereocenters. The van der Waals surface area contributed by atoms with E-state index in [0.29, 0.717) is 29.5 Å². The van der Waals surface area contributed by atoms with Crippen molar-refractivity contribution >= 4 is 23.2 Å². The van der Waals surface area contributed by atoms with Crippen LogP contribution in [0.5, 0.6) is 0 Å². The topological polar surface area (TPSA) is 114 Å². The number of nitrogens with zero attached hydrogens (tertiary/aromatic N) is 4. The van der Waals surface area contributed by atoms with Crippen LogP contribution in [0.3, 0.4) is 0 Å². The first-order valence-corrected chi connectivity index (χ1v) is 7.22. The minimum absolute atomic E-state index is 0.204. The van der Waals surface area contributed by atoms with Crippen LogP contribution < -0.4 is 5.32 Å². The second-order valence-corrected chi connectivity index (χ2v) is 5.19. The van der Waals surface area contributed by atoms with Crippen molar-refractivity contribution in [3.63, 3.8) is 0 Å². The maximum absolute atomic E-state index is 12.3. The molecule has 2 aromatic heterocycles. The fraction of sp³-hybridized carbons (Fsp3) is 0.188. The lowest BCUT2D eigenvalue weighted by Gasteiger charge is -2.06. The van der Waals surface area contributed by atoms with E-state index >= 15 is 0 Å². The molecule has 8 heteroatoms. The van der Waals surface area contributed by atoms with Gasteiger partial charge < -0.3 is 14.9 Å². The molecule has 122 valence electrons. The van der Waals surface area contributed by atoms with E-state index in [2.05, 4.69) is 25.4 Å². The molecule has 0 saturated heterocycles. The van der Waals surface area contributed by atoms with Crippen molar-refractivity contribution in [1.82, 2.24) is 20.3 Å². The summed E-state index contributed by atoms with van der Waals surface area (Å²) in [6.07, 6.45) is 1.15. The highest BCUT2D eigenvalue weighted by Gasteiger charge is 2.10. The second-order valence-electron chi connectivity index (χ2n) is 5.19. The zero-order chi connectivity index (χ0) is 17.1. The highest BCUT2D eigenvalue weighted by Crippen LogP contribution is 2.16. The molecule has 0 aliphatic carbocycles. The summed E-state index contributed by atoms with van der Waals surface area (Å²) in [6.45, 7) is 3.77. The van der Waals surface area contributed by atoms with Gasteiger partial charge in [-0.05, 0) is 30.7 Å². The third kappa shape index (κ3) is 3.37. The molecule has 0 bridgehead atoms. The Hall–Kier alpha value is -3.29. The lowest BCUT2D eigenvalue weighted by atomic mass is 10.2. The number of oxime groups is 1. The van der Waals surface area contributed by atoms with E-state index in [4.69, 9.17) is 9.62 Å². The number of fused-ring (bicyclic) bond motifs is 1. The first kappa shape index (κ1) is 15.6. The van der Waals surface area contributed by atoms with Crippen LogP contribution in [0.2, 0.25) is 0 Å². The summed E-state index contributed by atoms with van der Waals surface area (Å²) in [4.78, 5) is 24.6. The van der Waals surface area contributed by atoms with Crippen LogP contribution in [-0.4, -0.2) is 32.3 Å². The fourth-order valence-corrected chi connectivity index (χ4v) is 2.30. The Morgan fingerprint density at radius 2 is 2.12 bits per heavy atom. The maximum atomic E-state index is 12.3. The number of amides is 1. The van der Waals surface area contributed by atoms with Crippen LogP contribution in [0.4, 0.5) is 0 Å². The number of aryl methyl sites for hydroxylation is 2. The summed E-state index contributed by atoms with van der Waals surface area (Å²) in [6, 6.07) is 7.00. The van der Waals surface area contributed by atoms with E-state index in [1.807, 2.05) is 18.2 Å². The Bertz CT molecular complexity index is 933. The number of carbonyl (C=O) groups is 1. The van der Waals surface area contributed by atoms with Gasteiger partial charge >= 0.3 is 0 Å². The van der Waals surface area contributed by atoms with E-state index in [1.54, 1.807) is 13.8 Å². The van der Waals surface area contributed by atoms with Gasteiger partial charge in [-0.2, -0.15) is 0 Å². The highest BCUT2D eigenvalue weighted by molar-refractivity contribution is 5.93. The molecule has 8 nitrogen and oxygen atoms in total. The molecular formula is C16H15N5O3. The molecule has 2 heterocycles. The third-order valence-electron chi connectivity index (χ3n) is 3.29. The minimum atomic E-state index is -0.343. The smallest absolute Gasteiger partial charge is 0.270 e. The predicted molar refractivity (Wildman–Crippen MR) is 86.1 cm³/mol. The number of nitrogens with one attached hydrogen (secondary N) is 1. The molecule has 3 aromatic rings. The van der Waals surface area contributed by atoms with Crippen molar-refractivity contribution in [2.45, 2.75) is 20.4 Å². The largest absolute Gasteiger partial charge is 0.441 e. The van der Waals surface area contributed by atoms with Gasteiger partial charge in [-0.15, -0.1) is 0 Å². The normalized spacial score (nSPS) is 11.2. The predicted octanol–water partition coefficient (Wildman–Crippen LogP) is 1.97. The number of benzene rings is 1. The van der Waals surface area contributed by atoms with Crippen molar-refractivity contribution in [3.05, 3.63) is 52.9 Å². The molecule has 0 atom stereocenters. The van der Waals surface area contributed by atoms with E-state index in [1.165, 1.54) is 6.07 Å². The van der Waals surface area contributed by atoms with Crippen molar-refractivity contribution in [3.8, 4) is 0 Å². The van der Waals surface area contributed by atoms with E-state index in [-0.39, 0.29) is 11.6 Å². The quantitative estimate of drug-likeness (QED) is 0.431. The summed E-state index contributed by atoms with van der Waals surface area (Å²) in [5.41, 5.74) is 2.91. The van der Waals surface area contributed by atoms with Gasteiger partial charge in [0.05, 0.1) is 11.9 Å². The van der Waals surface area contributed by atoms with Crippen molar-refractivity contribution in [2.24, 2.45) is 5.16 Å². The number of aromatic nitrogens is 3. The summed E-state index contributed by atoms with van der Waals surface area (Å²) in [5, 5.41) is 14.3. The monoisotopic (exact) mass is 325 g/mol. The Balaban J connectivity index is 1.74. The zero-order valence-electron chi connectivity index (χ0n) is 13.1. The van der Waals surface area contributed by atoms with Gasteiger partial charge in [0.2, 0.25) is 0 Å². The second kappa shape index (κ2) is 6.45. The molecule has 1 amide bonds. The Morgan fingerprint density at radius 3 is 2.92 bits per heavy atom. The summed E-state index contributed by atoms with van der Waals surface area (Å²) < 4.78 is 5.42. The van der Waals surface area contributed by atoms with Crippen LogP contribution in [-0.2, 0) is 6.54 Å². The molecule has 2 N–H and O–H groups in total. The molecular weight excluding hydrogens is 310 g/mol. The van der Waals surface area contributed by atoms with Crippen molar-refractivity contribution < 1.29 is 14.4 Å². The van der Waals surface area contributed by atoms with E-state index < -0.39 is 0 Å². The SMILES string of the molecule is Cc1nc(/C=N/O)cc(C(=O)NCc2ccc3oc(C)nc3c2)n1. The van der Waals surface area contributed by atoms with Gasteiger partial charge in [0.1, 0.15) is 17.0 Å². The first-order chi connectivity index (χ1) is 11.5. The molecule has 3 rings (SSSR count). The molecule has 0 saturated carbocycles. The fourth-order valence-electron chi connectivity index (χ4n) is 2.30. The number of oxazole rings is 1. The average Bonchev–Trinajstić information content (AvgIpc) is 2.91. The average molecular weight is 325 g/mol. The maximum Gasteiger partial charge on any atom is 0.270 e. The number of hydrogen-bond acceptors (Lipinski definition) is 7. The van der Waals surface area contributed by atoms with E-state index in [9.17, 15) is 4.79 Å². The molecule has 0 aliphatic heterocycles. The molecule has 0 spiro atoms. The molecule has 0 aliphatic rings. The third-order valence-corrected chi connectivity index (χ3v) is 3.29. The van der Waals surface area contributed by atoms with Crippen LogP contribution >= 0.6 is 0 Å². The number of rotatable bonds is 4. The molecule has 0 radical (unpaired) electrons. The van der Waals surface area contributed by atoms with Crippen LogP contribution in [0.15, 0.2) is 33.8 Å². The van der Waals surface area contributed by atoms with Crippen LogP contribution in [0, 0.1) is 13.8 Å². The summed E-state index contributed by atoms with van der Waals surface area (Å²) >= 11 is 0. The molecule has 24 heavy (non-hydrogen) atoms. The van der Waals surface area contributed by atoms with Gasteiger partial charge in [-0.1, -0.05) is 11.2 Å². The summed E-state index contributed by atoms with van der Waals surface area (Å²) in [5.74, 6) is 0.669. The van der Waals surface area contributed by atoms with Gasteiger partial charge in [-0.3, -0.25) is 4.79 Å². The lowest BCUT2D eigenvalue weighted by Crippen LogP contribution is -2.24. The van der Waals surface area contributed by atoms with Gasteiger partial charge in [-0.25, -0.2) is 15.0 Å². The number of hydrogen-bond donors (Lipinski definition) is 2. The standard InChI is InChI=1S/C16H15N5O3/c1-9-19-12(8-18-23)6-14(20-9)16(22)17-7-11-3-4-15-13(5-11)21-10(2)24-15/h3-6,8,23H,7H2,1-2H3,(H,17,22)/b18-8+. The number of carbonyl (C=O) groups excluding carboxylic acids is 1. The highest BCUT2D eigenvalue weighted by atomic mass is 16.4. The molecule has 0 fully saturated rings. The molecule has 1 aromatic carbocycles. The first-order valence-electron chi connectivity index (χ1n) is 7.22. The van der Waals surface area contributed by atoms with Gasteiger partial charge in [0.25, 0.3) is 5.91 Å². The minimum Gasteiger partial charge on any atom is -0.441 e. The van der Waals surface area contributed by atoms with Gasteiger partial charge in [0.15, 0.2) is 11.5 Å². The zero-order valence-corrected chi connectivity index (χ0v) is 13.1. The Labute approximate surface area is 137 Å². The van der Waals surface area contributed by atoms with E-state index in [0.717, 1.165) is 17.3 Å². The van der Waals surface area contributed by atoms with Crippen LogP contribution in [0.1, 0.15) is 33.5 Å². The van der Waals surface area contributed by atoms with Crippen molar-refractivity contribution in [2.75, 3.05) is 0 Å². The Morgan fingerprint density at radius 1 is 1.29 bits per heavy atom. The summed E-state index contributed by atoms with van der Waals surface area (Å²) in [7, 11) is 0.